The van der Waals surface area contributed by atoms with E-state index in [1.807, 2.05) is 6.07 Å². The van der Waals surface area contributed by atoms with Crippen molar-refractivity contribution in [3.63, 3.8) is 0 Å². The van der Waals surface area contributed by atoms with Gasteiger partial charge in [-0.1, -0.05) is 42.5 Å². The van der Waals surface area contributed by atoms with Gasteiger partial charge < -0.3 is 15.8 Å². The van der Waals surface area contributed by atoms with Crippen LogP contribution >= 0.6 is 0 Å². The van der Waals surface area contributed by atoms with E-state index in [1.165, 1.54) is 19.2 Å². The molecule has 2 atom stereocenters. The average Bonchev–Trinajstić information content (AvgIpc) is 2.57. The number of methoxy groups -OCH3 is 1. The van der Waals surface area contributed by atoms with Gasteiger partial charge in [0.2, 0.25) is 5.91 Å². The zero-order valence-corrected chi connectivity index (χ0v) is 13.2. The van der Waals surface area contributed by atoms with E-state index in [4.69, 9.17) is 10.5 Å². The van der Waals surface area contributed by atoms with Gasteiger partial charge in [-0.3, -0.25) is 9.59 Å². The normalized spacial score (nSPS) is 13.1. The Hall–Kier alpha value is -2.73. The fourth-order valence-electron chi connectivity index (χ4n) is 2.35. The third kappa shape index (κ3) is 4.63. The van der Waals surface area contributed by atoms with Crippen LogP contribution in [0.2, 0.25) is 0 Å². The van der Waals surface area contributed by atoms with E-state index >= 15 is 0 Å². The zero-order valence-electron chi connectivity index (χ0n) is 13.2. The molecule has 0 fully saturated rings. The molecule has 0 saturated heterocycles. The summed E-state index contributed by atoms with van der Waals surface area (Å²) in [7, 11) is 1.41. The fraction of sp³-hybridized carbons (Fsp3) is 0.222. The van der Waals surface area contributed by atoms with Gasteiger partial charge in [-0.15, -0.1) is 0 Å². The van der Waals surface area contributed by atoms with E-state index in [1.54, 1.807) is 36.4 Å². The number of halogens is 1. The van der Waals surface area contributed by atoms with Gasteiger partial charge in [-0.05, 0) is 23.3 Å². The molecule has 126 valence electrons. The summed E-state index contributed by atoms with van der Waals surface area (Å²) in [6.07, 6.45) is -0.673. The highest BCUT2D eigenvalue weighted by atomic mass is 19.1. The molecule has 0 spiro atoms. The van der Waals surface area contributed by atoms with Crippen LogP contribution < -0.4 is 11.1 Å². The summed E-state index contributed by atoms with van der Waals surface area (Å²) in [5.41, 5.74) is 6.73. The van der Waals surface area contributed by atoms with Crippen molar-refractivity contribution in [2.75, 3.05) is 7.11 Å². The predicted octanol–water partition coefficient (Wildman–Crippen LogP) is 1.73. The number of amides is 2. The molecule has 0 saturated carbocycles. The number of primary amides is 1. The lowest BCUT2D eigenvalue weighted by atomic mass is 10.0. The first kappa shape index (κ1) is 17.6. The minimum atomic E-state index is -0.913. The average molecular weight is 330 g/mol. The molecule has 2 amide bonds. The maximum Gasteiger partial charge on any atom is 0.254 e. The topological polar surface area (TPSA) is 81.4 Å². The second-order valence-corrected chi connectivity index (χ2v) is 5.32. The molecule has 2 rings (SSSR count). The summed E-state index contributed by atoms with van der Waals surface area (Å²) in [6, 6.07) is 13.7. The molecular weight excluding hydrogens is 311 g/mol. The number of hydrogen-bond acceptors (Lipinski definition) is 3. The summed E-state index contributed by atoms with van der Waals surface area (Å²) in [5, 5.41) is 2.60. The molecule has 0 aliphatic carbocycles. The lowest BCUT2D eigenvalue weighted by Gasteiger charge is -2.20. The molecule has 24 heavy (non-hydrogen) atoms. The Morgan fingerprint density at radius 3 is 2.29 bits per heavy atom. The standard InChI is InChI=1S/C18H19FN2O3/c1-24-16(13-5-3-2-4-6-13)18(23)21-15(17(20)22)11-12-7-9-14(19)10-8-12/h2-10,15-16H,11H2,1H3,(H2,20,22)(H,21,23)/t15-,16-/m0/s1. The van der Waals surface area contributed by atoms with Crippen molar-refractivity contribution >= 4 is 11.8 Å². The lowest BCUT2D eigenvalue weighted by molar-refractivity contribution is -0.134. The van der Waals surface area contributed by atoms with E-state index < -0.39 is 24.0 Å². The van der Waals surface area contributed by atoms with E-state index in [9.17, 15) is 14.0 Å². The molecule has 0 radical (unpaired) electrons. The summed E-state index contributed by atoms with van der Waals surface area (Å²) in [4.78, 5) is 24.1. The van der Waals surface area contributed by atoms with Crippen molar-refractivity contribution in [1.82, 2.24) is 5.32 Å². The van der Waals surface area contributed by atoms with Crippen molar-refractivity contribution in [1.29, 1.82) is 0 Å². The van der Waals surface area contributed by atoms with Crippen LogP contribution in [0.1, 0.15) is 17.2 Å². The molecule has 0 bridgehead atoms. The summed E-state index contributed by atoms with van der Waals surface area (Å²) >= 11 is 0. The van der Waals surface area contributed by atoms with Crippen molar-refractivity contribution in [2.24, 2.45) is 5.73 Å². The van der Waals surface area contributed by atoms with Crippen molar-refractivity contribution in [2.45, 2.75) is 18.6 Å². The van der Waals surface area contributed by atoms with Gasteiger partial charge in [-0.25, -0.2) is 4.39 Å². The monoisotopic (exact) mass is 330 g/mol. The molecule has 2 aromatic carbocycles. The second-order valence-electron chi connectivity index (χ2n) is 5.32. The second kappa shape index (κ2) is 8.21. The van der Waals surface area contributed by atoms with Gasteiger partial charge in [0.05, 0.1) is 0 Å². The largest absolute Gasteiger partial charge is 0.368 e. The van der Waals surface area contributed by atoms with Crippen LogP contribution in [0.3, 0.4) is 0 Å². The van der Waals surface area contributed by atoms with E-state index in [-0.39, 0.29) is 12.2 Å². The van der Waals surface area contributed by atoms with Crippen LogP contribution in [0.15, 0.2) is 54.6 Å². The Balaban J connectivity index is 2.10. The fourth-order valence-corrected chi connectivity index (χ4v) is 2.35. The molecule has 0 heterocycles. The summed E-state index contributed by atoms with van der Waals surface area (Å²) < 4.78 is 18.2. The zero-order chi connectivity index (χ0) is 17.5. The third-order valence-electron chi connectivity index (χ3n) is 3.59. The Morgan fingerprint density at radius 2 is 1.75 bits per heavy atom. The Kier molecular flexibility index (Phi) is 6.03. The lowest BCUT2D eigenvalue weighted by Crippen LogP contribution is -2.47. The predicted molar refractivity (Wildman–Crippen MR) is 87.4 cm³/mol. The van der Waals surface area contributed by atoms with Crippen LogP contribution in [0.4, 0.5) is 4.39 Å². The summed E-state index contributed by atoms with van der Waals surface area (Å²) in [5.74, 6) is -1.51. The Labute approximate surface area is 139 Å². The third-order valence-corrected chi connectivity index (χ3v) is 3.59. The highest BCUT2D eigenvalue weighted by molar-refractivity contribution is 5.89. The first-order valence-electron chi connectivity index (χ1n) is 7.43. The van der Waals surface area contributed by atoms with Gasteiger partial charge in [-0.2, -0.15) is 0 Å². The van der Waals surface area contributed by atoms with Crippen molar-refractivity contribution in [3.05, 3.63) is 71.5 Å². The first-order valence-corrected chi connectivity index (χ1v) is 7.43. The number of carbonyl (C=O) groups excluding carboxylic acids is 2. The maximum atomic E-state index is 13.0. The van der Waals surface area contributed by atoms with Crippen molar-refractivity contribution in [3.8, 4) is 0 Å². The van der Waals surface area contributed by atoms with Crippen molar-refractivity contribution < 1.29 is 18.7 Å². The molecule has 0 unspecified atom stereocenters. The van der Waals surface area contributed by atoms with E-state index in [0.29, 0.717) is 11.1 Å². The van der Waals surface area contributed by atoms with Crippen LogP contribution in [0.25, 0.3) is 0 Å². The molecule has 0 aliphatic rings. The van der Waals surface area contributed by atoms with Crippen LogP contribution in [-0.2, 0) is 20.7 Å². The molecule has 5 nitrogen and oxygen atoms in total. The number of hydrogen-bond donors (Lipinski definition) is 2. The van der Waals surface area contributed by atoms with Gasteiger partial charge >= 0.3 is 0 Å². The number of benzene rings is 2. The van der Waals surface area contributed by atoms with Crippen LogP contribution in [-0.4, -0.2) is 25.0 Å². The SMILES string of the molecule is CO[C@H](C(=O)N[C@@H](Cc1ccc(F)cc1)C(N)=O)c1ccccc1. The van der Waals surface area contributed by atoms with Gasteiger partial charge in [0, 0.05) is 13.5 Å². The molecule has 6 heteroatoms. The number of nitrogens with two attached hydrogens (primary N) is 1. The molecule has 3 N–H and O–H groups in total. The number of nitrogens with one attached hydrogen (secondary N) is 1. The smallest absolute Gasteiger partial charge is 0.254 e. The quantitative estimate of drug-likeness (QED) is 0.811. The minimum absolute atomic E-state index is 0.173. The van der Waals surface area contributed by atoms with Crippen LogP contribution in [0, 0.1) is 5.82 Å². The molecule has 0 aromatic heterocycles. The van der Waals surface area contributed by atoms with E-state index in [0.717, 1.165) is 0 Å². The highest BCUT2D eigenvalue weighted by Crippen LogP contribution is 2.17. The maximum absolute atomic E-state index is 13.0. The van der Waals surface area contributed by atoms with Gasteiger partial charge in [0.15, 0.2) is 6.10 Å². The molecule has 2 aromatic rings. The number of carbonyl (C=O) groups is 2. The number of rotatable bonds is 7. The first-order chi connectivity index (χ1) is 11.5. The Morgan fingerprint density at radius 1 is 1.12 bits per heavy atom. The summed E-state index contributed by atoms with van der Waals surface area (Å²) in [6.45, 7) is 0. The highest BCUT2D eigenvalue weighted by Gasteiger charge is 2.25. The molecular formula is C18H19FN2O3. The molecule has 0 aliphatic heterocycles. The minimum Gasteiger partial charge on any atom is -0.368 e. The van der Waals surface area contributed by atoms with Gasteiger partial charge in [0.25, 0.3) is 5.91 Å². The Bertz CT molecular complexity index is 689. The van der Waals surface area contributed by atoms with Crippen LogP contribution in [0.5, 0.6) is 0 Å². The van der Waals surface area contributed by atoms with E-state index in [2.05, 4.69) is 5.32 Å². The number of ether oxygens (including phenoxy) is 1. The van der Waals surface area contributed by atoms with Gasteiger partial charge in [0.1, 0.15) is 11.9 Å².